The Bertz CT molecular complexity index is 2400. The van der Waals surface area contributed by atoms with Crippen LogP contribution in [-0.4, -0.2) is 80.8 Å². The largest absolute Gasteiger partial charge is 0.476 e. The lowest BCUT2D eigenvalue weighted by Gasteiger charge is -2.66. The highest BCUT2D eigenvalue weighted by Crippen LogP contribution is 2.92. The quantitative estimate of drug-likeness (QED) is 0.0945. The number of carbonyl (C=O) groups is 1. The van der Waals surface area contributed by atoms with E-state index in [-0.39, 0.29) is 17.7 Å². The smallest absolute Gasteiger partial charge is 0.355 e. The van der Waals surface area contributed by atoms with Crippen LogP contribution >= 0.6 is 11.3 Å². The number of nitrogens with zero attached hydrogens (tertiary/aromatic N) is 7. The highest BCUT2D eigenvalue weighted by atomic mass is 32.1. The standard InChI is InChI=1S/C48H62N8O3S/c1-31(41(49-6)53-43-51-37-14-8-9-15-38(37)60-43)34-13-10-21-55(32(34)2)39-17-16-35(40(52-39)42(58)59)36-23-50-56(33(36)3)30-46-24-44(4)25-47(18-11-19-54(7)20-12-22-57)28-45(5,27-46)48(47,26-44)29-46/h8-9,14-17,23,57H,6,10-13,18-22,24-30H2,1-5,7H3,(H,51,53)(H,58,59)/b41-31+. The zero-order valence-electron chi connectivity index (χ0n) is 36.4. The number of hydrogen-bond donors (Lipinski definition) is 3. The van der Waals surface area contributed by atoms with E-state index in [0.717, 1.165) is 88.9 Å². The van der Waals surface area contributed by atoms with Gasteiger partial charge in [-0.15, -0.1) is 0 Å². The maximum atomic E-state index is 13.0. The minimum atomic E-state index is -1.04. The average molecular weight is 831 g/mol. The number of aliphatic hydroxyl groups is 1. The van der Waals surface area contributed by atoms with E-state index in [0.29, 0.717) is 38.9 Å². The Morgan fingerprint density at radius 3 is 2.58 bits per heavy atom. The Hall–Kier alpha value is -4.39. The van der Waals surface area contributed by atoms with Crippen LogP contribution in [0.3, 0.4) is 0 Å². The highest BCUT2D eigenvalue weighted by Gasteiger charge is 2.83. The molecule has 5 atom stereocenters. The van der Waals surface area contributed by atoms with Crippen LogP contribution in [0.15, 0.2) is 70.3 Å². The number of benzene rings is 1. The number of thiazole rings is 1. The Labute approximate surface area is 358 Å². The number of carboxylic acids is 1. The molecule has 1 aliphatic heterocycles. The Morgan fingerprint density at radius 2 is 1.82 bits per heavy atom. The first-order valence-electron chi connectivity index (χ1n) is 22.0. The lowest BCUT2D eigenvalue weighted by atomic mass is 9.38. The number of nitrogens with one attached hydrogen (secondary N) is 1. The number of para-hydroxylation sites is 1. The first kappa shape index (κ1) is 41.0. The summed E-state index contributed by atoms with van der Waals surface area (Å²) in [6.45, 7) is 19.2. The topological polar surface area (TPSA) is 132 Å². The number of rotatable bonds is 16. The van der Waals surface area contributed by atoms with Gasteiger partial charge in [0.2, 0.25) is 0 Å². The number of allylic oxidation sites excluding steroid dienone is 3. The van der Waals surface area contributed by atoms with Gasteiger partial charge in [0.1, 0.15) is 11.6 Å². The molecule has 4 aliphatic carbocycles. The number of aliphatic imine (C=N–C) groups is 1. The number of pyridine rings is 1. The fourth-order valence-corrected chi connectivity index (χ4v) is 15.1. The summed E-state index contributed by atoms with van der Waals surface area (Å²) in [5.74, 6) is 0.238. The van der Waals surface area contributed by atoms with E-state index in [1.54, 1.807) is 11.3 Å². The van der Waals surface area contributed by atoms with E-state index in [1.165, 1.54) is 51.4 Å². The van der Waals surface area contributed by atoms with E-state index in [1.807, 2.05) is 36.5 Å². The van der Waals surface area contributed by atoms with Crippen LogP contribution in [0.25, 0.3) is 21.3 Å². The van der Waals surface area contributed by atoms with Crippen LogP contribution in [0, 0.1) is 34.0 Å². The van der Waals surface area contributed by atoms with Crippen molar-refractivity contribution < 1.29 is 15.0 Å². The van der Waals surface area contributed by atoms with E-state index < -0.39 is 5.97 Å². The third-order valence-electron chi connectivity index (χ3n) is 15.9. The number of anilines is 2. The molecule has 5 unspecified atom stereocenters. The van der Waals surface area contributed by atoms with E-state index >= 15 is 0 Å². The second-order valence-corrected chi connectivity index (χ2v) is 21.0. The Balaban J connectivity index is 0.951. The predicted octanol–water partition coefficient (Wildman–Crippen LogP) is 9.94. The average Bonchev–Trinajstić information content (AvgIpc) is 3.87. The molecule has 0 saturated heterocycles. The summed E-state index contributed by atoms with van der Waals surface area (Å²) < 4.78 is 3.29. The van der Waals surface area contributed by atoms with Gasteiger partial charge in [-0.05, 0) is 174 Å². The normalized spacial score (nSPS) is 29.6. The molecule has 9 rings (SSSR count). The van der Waals surface area contributed by atoms with Crippen LogP contribution in [0.5, 0.6) is 0 Å². The second kappa shape index (κ2) is 14.9. The molecule has 1 spiro atoms. The molecule has 11 nitrogen and oxygen atoms in total. The van der Waals surface area contributed by atoms with Gasteiger partial charge in [0.15, 0.2) is 10.8 Å². The summed E-state index contributed by atoms with van der Waals surface area (Å²) in [6.07, 6.45) is 14.8. The number of aromatic nitrogens is 4. The minimum absolute atomic E-state index is 0.0479. The summed E-state index contributed by atoms with van der Waals surface area (Å²) >= 11 is 1.58. The summed E-state index contributed by atoms with van der Waals surface area (Å²) in [7, 11) is 2.20. The molecule has 4 saturated carbocycles. The summed E-state index contributed by atoms with van der Waals surface area (Å²) in [5, 5.41) is 29.1. The van der Waals surface area contributed by atoms with Gasteiger partial charge in [0.25, 0.3) is 0 Å². The highest BCUT2D eigenvalue weighted by molar-refractivity contribution is 7.22. The maximum Gasteiger partial charge on any atom is 0.355 e. The number of hydrogen-bond acceptors (Lipinski definition) is 10. The molecule has 4 aromatic rings. The number of aromatic carboxylic acids is 1. The molecule has 3 N–H and O–H groups in total. The van der Waals surface area contributed by atoms with Crippen molar-refractivity contribution in [2.75, 3.05) is 43.5 Å². The first-order chi connectivity index (χ1) is 28.7. The zero-order chi connectivity index (χ0) is 42.2. The summed E-state index contributed by atoms with van der Waals surface area (Å²) in [6, 6.07) is 12.0. The number of carboxylic acid groups (broad SMARTS) is 1. The molecular weight excluding hydrogens is 769 g/mol. The van der Waals surface area contributed by atoms with E-state index in [9.17, 15) is 15.0 Å². The molecule has 0 radical (unpaired) electrons. The third-order valence-corrected chi connectivity index (χ3v) is 16.9. The van der Waals surface area contributed by atoms with Crippen molar-refractivity contribution in [3.8, 4) is 11.1 Å². The van der Waals surface area contributed by atoms with Crippen LogP contribution in [0.2, 0.25) is 0 Å². The first-order valence-corrected chi connectivity index (χ1v) is 22.8. The zero-order valence-corrected chi connectivity index (χ0v) is 37.2. The van der Waals surface area contributed by atoms with Gasteiger partial charge < -0.3 is 25.3 Å². The second-order valence-electron chi connectivity index (χ2n) is 20.0. The van der Waals surface area contributed by atoms with Gasteiger partial charge in [0, 0.05) is 48.8 Å². The molecule has 60 heavy (non-hydrogen) atoms. The molecule has 1 aromatic carbocycles. The van der Waals surface area contributed by atoms with Gasteiger partial charge >= 0.3 is 5.97 Å². The Kier molecular flexibility index (Phi) is 10.2. The van der Waals surface area contributed by atoms with Gasteiger partial charge in [-0.1, -0.05) is 37.3 Å². The van der Waals surface area contributed by atoms with Crippen LogP contribution in [0.1, 0.15) is 115 Å². The lowest BCUT2D eigenvalue weighted by molar-refractivity contribution is -0.174. The fourth-order valence-electron chi connectivity index (χ4n) is 14.2. The molecule has 3 aromatic heterocycles. The van der Waals surface area contributed by atoms with Crippen molar-refractivity contribution in [2.45, 2.75) is 112 Å². The van der Waals surface area contributed by atoms with Crippen molar-refractivity contribution >= 4 is 45.2 Å². The van der Waals surface area contributed by atoms with Crippen LogP contribution in [-0.2, 0) is 6.54 Å². The molecule has 318 valence electrons. The third kappa shape index (κ3) is 6.54. The summed E-state index contributed by atoms with van der Waals surface area (Å²) in [5.41, 5.74) is 8.34. The monoisotopic (exact) mass is 830 g/mol. The minimum Gasteiger partial charge on any atom is -0.476 e. The molecule has 12 heteroatoms. The van der Waals surface area contributed by atoms with Gasteiger partial charge in [0.05, 0.1) is 16.4 Å². The van der Waals surface area contributed by atoms with Gasteiger partial charge in [-0.25, -0.2) is 19.8 Å². The Morgan fingerprint density at radius 1 is 1.02 bits per heavy atom. The fraction of sp³-hybridized carbons (Fsp3) is 0.562. The summed E-state index contributed by atoms with van der Waals surface area (Å²) in [4.78, 5) is 31.5. The molecule has 3 bridgehead atoms. The van der Waals surface area contributed by atoms with E-state index in [2.05, 4.69) is 79.2 Å². The molecule has 4 heterocycles. The van der Waals surface area contributed by atoms with Crippen LogP contribution in [0.4, 0.5) is 10.9 Å². The predicted molar refractivity (Wildman–Crippen MR) is 242 cm³/mol. The van der Waals surface area contributed by atoms with Gasteiger partial charge in [-0.3, -0.25) is 4.68 Å². The number of aliphatic hydroxyl groups excluding tert-OH is 1. The van der Waals surface area contributed by atoms with Crippen LogP contribution < -0.4 is 10.2 Å². The van der Waals surface area contributed by atoms with Crippen molar-refractivity contribution in [2.24, 2.45) is 32.1 Å². The van der Waals surface area contributed by atoms with Gasteiger partial charge in [-0.2, -0.15) is 5.10 Å². The SMILES string of the molecule is C=N/C(Nc1nc2ccccc2s1)=C(/C)C1=C(C)N(c2ccc(-c3cnn(CC45CC6(C)CC7(CCCN(C)CCCO)CC(C)(C4)C7(C6)C5)c3C)c(C(=O)O)n2)CCC1. The van der Waals surface area contributed by atoms with Crippen molar-refractivity contribution in [1.82, 2.24) is 24.6 Å². The maximum absolute atomic E-state index is 13.0. The lowest BCUT2D eigenvalue weighted by Crippen LogP contribution is -2.58. The molecule has 5 aliphatic rings. The number of fused-ring (bicyclic) bond motifs is 3. The van der Waals surface area contributed by atoms with Crippen molar-refractivity contribution in [3.63, 3.8) is 0 Å². The van der Waals surface area contributed by atoms with Crippen molar-refractivity contribution in [3.05, 3.63) is 76.6 Å². The van der Waals surface area contributed by atoms with E-state index in [4.69, 9.17) is 15.1 Å². The molecule has 4 fully saturated rings. The molecular formula is C48H62N8O3S. The molecule has 0 amide bonds. The van der Waals surface area contributed by atoms with Crippen molar-refractivity contribution in [1.29, 1.82) is 0 Å².